The van der Waals surface area contributed by atoms with Gasteiger partial charge in [0.15, 0.2) is 0 Å². The fraction of sp³-hybridized carbons (Fsp3) is 0.357. The number of nitrogens with zero attached hydrogens (tertiary/aromatic N) is 1. The topological polar surface area (TPSA) is 49.8 Å². The van der Waals surface area contributed by atoms with Gasteiger partial charge in [-0.25, -0.2) is 4.79 Å². The highest BCUT2D eigenvalue weighted by Gasteiger charge is 2.22. The largest absolute Gasteiger partial charge is 0.478 e. The van der Waals surface area contributed by atoms with Gasteiger partial charge in [0.25, 0.3) is 0 Å². The first-order valence-electron chi connectivity index (χ1n) is 6.09. The molecule has 1 N–H and O–H groups in total. The van der Waals surface area contributed by atoms with E-state index in [0.717, 1.165) is 30.4 Å². The zero-order chi connectivity index (χ0) is 13.8. The quantitative estimate of drug-likeness (QED) is 0.862. The molecule has 4 nitrogen and oxygen atoms in total. The van der Waals surface area contributed by atoms with Crippen molar-refractivity contribution in [1.29, 1.82) is 0 Å². The molecule has 1 atom stereocenters. The number of carbonyl (C=O) groups is 1. The fourth-order valence-corrected chi connectivity index (χ4v) is 2.41. The molecule has 2 rings (SSSR count). The van der Waals surface area contributed by atoms with Gasteiger partial charge in [-0.2, -0.15) is 0 Å². The van der Waals surface area contributed by atoms with Crippen molar-refractivity contribution in [2.75, 3.05) is 25.2 Å². The molecule has 1 aromatic rings. The average molecular weight is 282 g/mol. The van der Waals surface area contributed by atoms with Crippen molar-refractivity contribution < 1.29 is 14.6 Å². The van der Waals surface area contributed by atoms with Crippen LogP contribution in [0.15, 0.2) is 24.3 Å². The predicted octanol–water partition coefficient (Wildman–Crippen LogP) is 2.66. The Balaban J connectivity index is 2.33. The summed E-state index contributed by atoms with van der Waals surface area (Å²) in [5.74, 6) is -0.988. The molecule has 1 fully saturated rings. The van der Waals surface area contributed by atoms with Crippen LogP contribution in [0.3, 0.4) is 0 Å². The summed E-state index contributed by atoms with van der Waals surface area (Å²) in [6, 6.07) is 5.86. The van der Waals surface area contributed by atoms with Gasteiger partial charge in [0.2, 0.25) is 0 Å². The molecule has 1 aliphatic rings. The van der Waals surface area contributed by atoms with E-state index in [1.54, 1.807) is 6.07 Å². The third kappa shape index (κ3) is 3.28. The molecule has 1 aromatic carbocycles. The Morgan fingerprint density at radius 1 is 1.58 bits per heavy atom. The summed E-state index contributed by atoms with van der Waals surface area (Å²) in [5, 5.41) is 9.29. The number of halogens is 1. The SMILES string of the molecule is CN(c1cccc(Cl)c1/C=C/C(=O)O)C1CCOC1. The second kappa shape index (κ2) is 6.08. The Morgan fingerprint density at radius 2 is 2.37 bits per heavy atom. The third-order valence-corrected chi connectivity index (χ3v) is 3.59. The van der Waals surface area contributed by atoms with E-state index >= 15 is 0 Å². The number of hydrogen-bond acceptors (Lipinski definition) is 3. The lowest BCUT2D eigenvalue weighted by Gasteiger charge is -2.27. The maximum atomic E-state index is 10.7. The highest BCUT2D eigenvalue weighted by atomic mass is 35.5. The van der Waals surface area contributed by atoms with Gasteiger partial charge in [0.05, 0.1) is 12.6 Å². The van der Waals surface area contributed by atoms with Crippen molar-refractivity contribution in [2.45, 2.75) is 12.5 Å². The second-order valence-corrected chi connectivity index (χ2v) is 4.88. The Bertz CT molecular complexity index is 495. The van der Waals surface area contributed by atoms with E-state index in [1.165, 1.54) is 6.08 Å². The molecule has 0 saturated carbocycles. The van der Waals surface area contributed by atoms with Crippen molar-refractivity contribution in [3.05, 3.63) is 34.9 Å². The van der Waals surface area contributed by atoms with Gasteiger partial charge in [-0.1, -0.05) is 17.7 Å². The number of rotatable bonds is 4. The molecule has 1 aliphatic heterocycles. The minimum Gasteiger partial charge on any atom is -0.478 e. The van der Waals surface area contributed by atoms with E-state index in [9.17, 15) is 4.79 Å². The van der Waals surface area contributed by atoms with Crippen LogP contribution >= 0.6 is 11.6 Å². The number of aliphatic carboxylic acids is 1. The number of anilines is 1. The lowest BCUT2D eigenvalue weighted by molar-refractivity contribution is -0.131. The maximum Gasteiger partial charge on any atom is 0.328 e. The number of benzene rings is 1. The van der Waals surface area contributed by atoms with Gasteiger partial charge in [-0.3, -0.25) is 0 Å². The van der Waals surface area contributed by atoms with Gasteiger partial charge < -0.3 is 14.7 Å². The standard InChI is InChI=1S/C14H16ClNO3/c1-16(10-7-8-19-9-10)13-4-2-3-12(15)11(13)5-6-14(17)18/h2-6,10H,7-9H2,1H3,(H,17,18)/b6-5+. The van der Waals surface area contributed by atoms with Crippen LogP contribution in [0, 0.1) is 0 Å². The number of ether oxygens (including phenoxy) is 1. The number of likely N-dealkylation sites (N-methyl/N-ethyl adjacent to an activating group) is 1. The zero-order valence-corrected chi connectivity index (χ0v) is 11.4. The van der Waals surface area contributed by atoms with E-state index in [0.29, 0.717) is 17.7 Å². The monoisotopic (exact) mass is 281 g/mol. The molecule has 0 spiro atoms. The van der Waals surface area contributed by atoms with Crippen LogP contribution in [0.5, 0.6) is 0 Å². The average Bonchev–Trinajstić information content (AvgIpc) is 2.89. The van der Waals surface area contributed by atoms with Crippen molar-refractivity contribution in [3.63, 3.8) is 0 Å². The molecule has 0 aliphatic carbocycles. The summed E-state index contributed by atoms with van der Waals surface area (Å²) in [6.45, 7) is 1.45. The zero-order valence-electron chi connectivity index (χ0n) is 10.7. The smallest absolute Gasteiger partial charge is 0.328 e. The van der Waals surface area contributed by atoms with E-state index in [1.807, 2.05) is 19.2 Å². The second-order valence-electron chi connectivity index (χ2n) is 4.47. The van der Waals surface area contributed by atoms with Crippen LogP contribution in [0.25, 0.3) is 6.08 Å². The molecule has 1 unspecified atom stereocenters. The first-order chi connectivity index (χ1) is 9.09. The number of carboxylic acid groups (broad SMARTS) is 1. The maximum absolute atomic E-state index is 10.7. The minimum atomic E-state index is -0.988. The number of carboxylic acids is 1. The van der Waals surface area contributed by atoms with Crippen molar-refractivity contribution in [3.8, 4) is 0 Å². The first kappa shape index (κ1) is 13.9. The normalized spacial score (nSPS) is 18.9. The summed E-state index contributed by atoms with van der Waals surface area (Å²) in [7, 11) is 1.98. The van der Waals surface area contributed by atoms with E-state index in [-0.39, 0.29) is 0 Å². The Labute approximate surface area is 117 Å². The molecule has 19 heavy (non-hydrogen) atoms. The lowest BCUT2D eigenvalue weighted by Crippen LogP contribution is -2.32. The molecule has 0 amide bonds. The molecular weight excluding hydrogens is 266 g/mol. The van der Waals surface area contributed by atoms with Crippen molar-refractivity contribution >= 4 is 29.3 Å². The van der Waals surface area contributed by atoms with Crippen LogP contribution in [-0.4, -0.2) is 37.4 Å². The fourth-order valence-electron chi connectivity index (χ4n) is 2.18. The Morgan fingerprint density at radius 3 is 3.00 bits per heavy atom. The Hall–Kier alpha value is -1.52. The predicted molar refractivity (Wildman–Crippen MR) is 75.7 cm³/mol. The summed E-state index contributed by atoms with van der Waals surface area (Å²) in [6.07, 6.45) is 3.60. The molecule has 1 saturated heterocycles. The van der Waals surface area contributed by atoms with E-state index in [4.69, 9.17) is 21.4 Å². The Kier molecular flexibility index (Phi) is 4.45. The van der Waals surface area contributed by atoms with Gasteiger partial charge >= 0.3 is 5.97 Å². The van der Waals surface area contributed by atoms with Gasteiger partial charge in [0.1, 0.15) is 0 Å². The van der Waals surface area contributed by atoms with E-state index in [2.05, 4.69) is 4.90 Å². The summed E-state index contributed by atoms with van der Waals surface area (Å²) in [4.78, 5) is 12.8. The van der Waals surface area contributed by atoms with Crippen molar-refractivity contribution in [1.82, 2.24) is 0 Å². The molecule has 0 radical (unpaired) electrons. The van der Waals surface area contributed by atoms with Crippen LogP contribution in [0.2, 0.25) is 5.02 Å². The van der Waals surface area contributed by atoms with Gasteiger partial charge in [0, 0.05) is 36.0 Å². The number of hydrogen-bond donors (Lipinski definition) is 1. The third-order valence-electron chi connectivity index (χ3n) is 3.26. The van der Waals surface area contributed by atoms with Crippen LogP contribution in [0.1, 0.15) is 12.0 Å². The van der Waals surface area contributed by atoms with Gasteiger partial charge in [-0.15, -0.1) is 0 Å². The first-order valence-corrected chi connectivity index (χ1v) is 6.47. The lowest BCUT2D eigenvalue weighted by atomic mass is 10.1. The van der Waals surface area contributed by atoms with Crippen molar-refractivity contribution in [2.24, 2.45) is 0 Å². The minimum absolute atomic E-state index is 0.301. The van der Waals surface area contributed by atoms with Crippen LogP contribution < -0.4 is 4.90 Å². The summed E-state index contributed by atoms with van der Waals surface area (Å²) < 4.78 is 5.38. The highest BCUT2D eigenvalue weighted by molar-refractivity contribution is 6.32. The highest BCUT2D eigenvalue weighted by Crippen LogP contribution is 2.30. The molecule has 1 heterocycles. The summed E-state index contributed by atoms with van der Waals surface area (Å²) >= 11 is 6.16. The molecule has 5 heteroatoms. The van der Waals surface area contributed by atoms with Gasteiger partial charge in [-0.05, 0) is 24.6 Å². The van der Waals surface area contributed by atoms with E-state index < -0.39 is 5.97 Å². The molecule has 0 aromatic heterocycles. The van der Waals surface area contributed by atoms with Crippen LogP contribution in [-0.2, 0) is 9.53 Å². The van der Waals surface area contributed by atoms with Crippen LogP contribution in [0.4, 0.5) is 5.69 Å². The summed E-state index contributed by atoms with van der Waals surface area (Å²) in [5.41, 5.74) is 1.64. The molecule has 102 valence electrons. The molecular formula is C14H16ClNO3. The molecule has 0 bridgehead atoms.